The Morgan fingerprint density at radius 1 is 1.48 bits per heavy atom. The van der Waals surface area contributed by atoms with E-state index in [1.54, 1.807) is 6.08 Å². The molecular weight excluding hydrogens is 284 g/mol. The summed E-state index contributed by atoms with van der Waals surface area (Å²) in [5.74, 6) is 0.0986. The monoisotopic (exact) mass is 302 g/mol. The maximum Gasteiger partial charge on any atom is 0.221 e. The van der Waals surface area contributed by atoms with E-state index in [2.05, 4.69) is 22.1 Å². The fourth-order valence-corrected chi connectivity index (χ4v) is 2.27. The fourth-order valence-electron chi connectivity index (χ4n) is 2.14. The Morgan fingerprint density at radius 2 is 2.19 bits per heavy atom. The predicted molar refractivity (Wildman–Crippen MR) is 89.3 cm³/mol. The minimum atomic E-state index is 0.0986. The van der Waals surface area contributed by atoms with Crippen LogP contribution in [-0.2, 0) is 0 Å². The topological polar surface area (TPSA) is 61.9 Å². The third-order valence-electron chi connectivity index (χ3n) is 3.01. The van der Waals surface area contributed by atoms with Gasteiger partial charge in [-0.3, -0.25) is 0 Å². The molecule has 1 aromatic heterocycles. The Balaban J connectivity index is 2.44. The molecule has 1 aromatic carbocycles. The smallest absolute Gasteiger partial charge is 0.221 e. The lowest BCUT2D eigenvalue weighted by atomic mass is 10.2. The van der Waals surface area contributed by atoms with Crippen LogP contribution in [0.2, 0.25) is 0 Å². The van der Waals surface area contributed by atoms with E-state index in [9.17, 15) is 5.11 Å². The highest BCUT2D eigenvalue weighted by Gasteiger charge is 2.17. The van der Waals surface area contributed by atoms with Crippen LogP contribution in [0.4, 0.5) is 5.69 Å². The van der Waals surface area contributed by atoms with Crippen molar-refractivity contribution in [3.05, 3.63) is 36.9 Å². The van der Waals surface area contributed by atoms with E-state index in [1.165, 1.54) is 0 Å². The standard InChI is InChI=1S/C15H18N4OS/c1-4-9-16-15(21)18-17-13-11-7-5-6-8-12(11)19(10(2)3)14(13)20/h4-8,10,20H,1,9H2,2-3H3,(H,16,21). The van der Waals surface area contributed by atoms with E-state index in [1.807, 2.05) is 42.7 Å². The van der Waals surface area contributed by atoms with Crippen molar-refractivity contribution in [1.29, 1.82) is 0 Å². The Hall–Kier alpha value is -2.21. The number of aromatic nitrogens is 1. The number of para-hydroxylation sites is 1. The third-order valence-corrected chi connectivity index (χ3v) is 3.24. The van der Waals surface area contributed by atoms with Crippen LogP contribution in [0.1, 0.15) is 19.9 Å². The molecule has 21 heavy (non-hydrogen) atoms. The van der Waals surface area contributed by atoms with Gasteiger partial charge in [0.05, 0.1) is 5.52 Å². The molecule has 0 amide bonds. The summed E-state index contributed by atoms with van der Waals surface area (Å²) in [7, 11) is 0. The van der Waals surface area contributed by atoms with E-state index in [0.717, 1.165) is 10.9 Å². The molecule has 2 aromatic rings. The van der Waals surface area contributed by atoms with Crippen LogP contribution in [-0.4, -0.2) is 21.3 Å². The molecular formula is C15H18N4OS. The summed E-state index contributed by atoms with van der Waals surface area (Å²) in [4.78, 5) is 0. The summed E-state index contributed by atoms with van der Waals surface area (Å²) in [6.45, 7) is 8.12. The van der Waals surface area contributed by atoms with Crippen LogP contribution in [0.25, 0.3) is 10.9 Å². The average molecular weight is 302 g/mol. The number of azo groups is 1. The highest BCUT2D eigenvalue weighted by molar-refractivity contribution is 7.80. The van der Waals surface area contributed by atoms with Crippen LogP contribution in [0.15, 0.2) is 47.1 Å². The predicted octanol–water partition coefficient (Wildman–Crippen LogP) is 4.07. The molecule has 0 saturated carbocycles. The summed E-state index contributed by atoms with van der Waals surface area (Å²) in [5, 5.41) is 22.4. The van der Waals surface area contributed by atoms with Crippen molar-refractivity contribution >= 4 is 33.9 Å². The zero-order chi connectivity index (χ0) is 15.4. The van der Waals surface area contributed by atoms with Gasteiger partial charge in [0.15, 0.2) is 5.69 Å². The molecule has 110 valence electrons. The summed E-state index contributed by atoms with van der Waals surface area (Å²) in [6.07, 6.45) is 1.68. The first-order valence-corrected chi connectivity index (χ1v) is 7.09. The molecule has 1 heterocycles. The van der Waals surface area contributed by atoms with Gasteiger partial charge in [0, 0.05) is 18.0 Å². The Labute approximate surface area is 129 Å². The third kappa shape index (κ3) is 3.11. The first kappa shape index (κ1) is 15.2. The molecule has 2 rings (SSSR count). The molecule has 0 unspecified atom stereocenters. The number of thiocarbonyl (C=S) groups is 1. The lowest BCUT2D eigenvalue weighted by molar-refractivity contribution is 0.407. The number of nitrogens with one attached hydrogen (secondary N) is 1. The Bertz CT molecular complexity index is 703. The molecule has 0 radical (unpaired) electrons. The van der Waals surface area contributed by atoms with Gasteiger partial charge < -0.3 is 15.0 Å². The van der Waals surface area contributed by atoms with Gasteiger partial charge in [0.25, 0.3) is 0 Å². The maximum absolute atomic E-state index is 10.4. The normalized spacial score (nSPS) is 11.4. The molecule has 0 bridgehead atoms. The van der Waals surface area contributed by atoms with Crippen LogP contribution >= 0.6 is 12.2 Å². The lowest BCUT2D eigenvalue weighted by Crippen LogP contribution is -2.18. The van der Waals surface area contributed by atoms with Gasteiger partial charge in [-0.2, -0.15) is 0 Å². The van der Waals surface area contributed by atoms with Gasteiger partial charge in [-0.15, -0.1) is 16.8 Å². The molecule has 5 nitrogen and oxygen atoms in total. The minimum absolute atomic E-state index is 0.0986. The van der Waals surface area contributed by atoms with Crippen molar-refractivity contribution in [1.82, 2.24) is 9.88 Å². The fraction of sp³-hybridized carbons (Fsp3) is 0.267. The van der Waals surface area contributed by atoms with E-state index < -0.39 is 0 Å². The van der Waals surface area contributed by atoms with Crippen molar-refractivity contribution in [3.63, 3.8) is 0 Å². The number of fused-ring (bicyclic) bond motifs is 1. The van der Waals surface area contributed by atoms with E-state index >= 15 is 0 Å². The molecule has 0 spiro atoms. The van der Waals surface area contributed by atoms with Gasteiger partial charge in [0.1, 0.15) is 0 Å². The molecule has 0 aliphatic carbocycles. The number of hydrogen-bond acceptors (Lipinski definition) is 3. The second-order valence-corrected chi connectivity index (χ2v) is 5.21. The summed E-state index contributed by atoms with van der Waals surface area (Å²) in [5.41, 5.74) is 1.35. The van der Waals surface area contributed by atoms with Gasteiger partial charge in [-0.05, 0) is 32.1 Å². The highest BCUT2D eigenvalue weighted by Crippen LogP contribution is 2.40. The van der Waals surface area contributed by atoms with E-state index in [0.29, 0.717) is 12.2 Å². The van der Waals surface area contributed by atoms with Gasteiger partial charge in [0.2, 0.25) is 11.0 Å². The van der Waals surface area contributed by atoms with Crippen molar-refractivity contribution in [3.8, 4) is 5.88 Å². The summed E-state index contributed by atoms with van der Waals surface area (Å²) in [6, 6.07) is 7.80. The number of hydrogen-bond donors (Lipinski definition) is 2. The quantitative estimate of drug-likeness (QED) is 0.508. The Kier molecular flexibility index (Phi) is 4.70. The second-order valence-electron chi connectivity index (χ2n) is 4.83. The summed E-state index contributed by atoms with van der Waals surface area (Å²) >= 11 is 5.04. The first-order valence-electron chi connectivity index (χ1n) is 6.68. The minimum Gasteiger partial charge on any atom is -0.493 e. The molecule has 0 saturated heterocycles. The Morgan fingerprint density at radius 3 is 2.86 bits per heavy atom. The molecule has 0 aliphatic rings. The number of rotatable bonds is 4. The van der Waals surface area contributed by atoms with Gasteiger partial charge >= 0.3 is 0 Å². The zero-order valence-corrected chi connectivity index (χ0v) is 12.9. The SMILES string of the molecule is C=CCNC(=S)N=Nc1c(O)n(C(C)C)c2ccccc12. The molecule has 0 atom stereocenters. The molecule has 0 fully saturated rings. The van der Waals surface area contributed by atoms with Crippen molar-refractivity contribution in [2.24, 2.45) is 10.2 Å². The van der Waals surface area contributed by atoms with Crippen LogP contribution in [0.5, 0.6) is 5.88 Å². The van der Waals surface area contributed by atoms with Gasteiger partial charge in [-0.25, -0.2) is 0 Å². The van der Waals surface area contributed by atoms with Crippen LogP contribution in [0.3, 0.4) is 0 Å². The van der Waals surface area contributed by atoms with Crippen molar-refractivity contribution in [2.75, 3.05) is 6.54 Å². The number of aromatic hydroxyl groups is 1. The number of nitrogens with zero attached hydrogens (tertiary/aromatic N) is 3. The van der Waals surface area contributed by atoms with Crippen LogP contribution < -0.4 is 5.32 Å². The zero-order valence-electron chi connectivity index (χ0n) is 12.1. The van der Waals surface area contributed by atoms with E-state index in [-0.39, 0.29) is 17.0 Å². The first-order chi connectivity index (χ1) is 10.1. The lowest BCUT2D eigenvalue weighted by Gasteiger charge is -2.10. The average Bonchev–Trinajstić information content (AvgIpc) is 2.74. The second kappa shape index (κ2) is 6.49. The number of benzene rings is 1. The molecule has 6 heteroatoms. The van der Waals surface area contributed by atoms with Crippen LogP contribution in [0, 0.1) is 0 Å². The molecule has 2 N–H and O–H groups in total. The maximum atomic E-state index is 10.4. The largest absolute Gasteiger partial charge is 0.493 e. The van der Waals surface area contributed by atoms with Crippen molar-refractivity contribution in [2.45, 2.75) is 19.9 Å². The summed E-state index contributed by atoms with van der Waals surface area (Å²) < 4.78 is 1.82. The van der Waals surface area contributed by atoms with E-state index in [4.69, 9.17) is 12.2 Å². The highest BCUT2D eigenvalue weighted by atomic mass is 32.1. The van der Waals surface area contributed by atoms with Crippen molar-refractivity contribution < 1.29 is 5.11 Å². The molecule has 0 aliphatic heterocycles. The van der Waals surface area contributed by atoms with Gasteiger partial charge in [-0.1, -0.05) is 24.3 Å².